The molecular formula is C19H26BrO2P. The molecule has 2 nitrogen and oxygen atoms in total. The molecule has 0 aliphatic carbocycles. The van der Waals surface area contributed by atoms with Crippen LogP contribution < -0.4 is 20.1 Å². The first-order valence-corrected chi connectivity index (χ1v) is 9.22. The number of halogens is 1. The Kier molecular flexibility index (Phi) is 8.65. The monoisotopic (exact) mass is 396 g/mol. The highest BCUT2D eigenvalue weighted by atomic mass is 79.9. The summed E-state index contributed by atoms with van der Waals surface area (Å²) in [6, 6.07) is 17.1. The third-order valence-electron chi connectivity index (χ3n) is 3.70. The highest BCUT2D eigenvalue weighted by Gasteiger charge is 2.14. The van der Waals surface area contributed by atoms with Crippen molar-refractivity contribution in [3.05, 3.63) is 48.5 Å². The average molecular weight is 397 g/mol. The Bertz CT molecular complexity index is 519. The summed E-state index contributed by atoms with van der Waals surface area (Å²) in [6.07, 6.45) is 2.45. The molecule has 0 radical (unpaired) electrons. The van der Waals surface area contributed by atoms with Gasteiger partial charge in [0.2, 0.25) is 0 Å². The molecule has 0 atom stereocenters. The Morgan fingerprint density at radius 3 is 1.48 bits per heavy atom. The molecule has 0 spiro atoms. The van der Waals surface area contributed by atoms with Crippen LogP contribution in [0, 0.1) is 5.92 Å². The molecule has 0 aromatic heterocycles. The van der Waals surface area contributed by atoms with E-state index in [4.69, 9.17) is 9.47 Å². The lowest BCUT2D eigenvalue weighted by molar-refractivity contribution is 0.415. The molecule has 0 fully saturated rings. The van der Waals surface area contributed by atoms with Gasteiger partial charge in [-0.25, -0.2) is 0 Å². The maximum Gasteiger partial charge on any atom is 0.118 e. The molecule has 0 amide bonds. The summed E-state index contributed by atoms with van der Waals surface area (Å²) in [4.78, 5) is 0. The van der Waals surface area contributed by atoms with Crippen LogP contribution in [-0.2, 0) is 0 Å². The van der Waals surface area contributed by atoms with Crippen LogP contribution in [0.25, 0.3) is 0 Å². The fraction of sp³-hybridized carbons (Fsp3) is 0.368. The predicted molar refractivity (Wildman–Crippen MR) is 107 cm³/mol. The van der Waals surface area contributed by atoms with Crippen molar-refractivity contribution in [2.45, 2.75) is 20.3 Å². The summed E-state index contributed by atoms with van der Waals surface area (Å²) in [5.41, 5.74) is 0. The SMILES string of the molecule is Br.COc1ccc(P(CCC(C)C)c2ccc(OC)cc2)cc1. The van der Waals surface area contributed by atoms with E-state index in [1.54, 1.807) is 14.2 Å². The predicted octanol–water partition coefficient (Wildman–Crippen LogP) is 4.76. The maximum atomic E-state index is 5.27. The Morgan fingerprint density at radius 2 is 1.17 bits per heavy atom. The summed E-state index contributed by atoms with van der Waals surface area (Å²) in [5.74, 6) is 2.55. The molecule has 0 unspecified atom stereocenters. The average Bonchev–Trinajstić information content (AvgIpc) is 2.56. The summed E-state index contributed by atoms with van der Waals surface area (Å²) < 4.78 is 10.5. The Hall–Kier alpha value is -1.05. The lowest BCUT2D eigenvalue weighted by atomic mass is 10.2. The van der Waals surface area contributed by atoms with E-state index in [1.807, 2.05) is 0 Å². The van der Waals surface area contributed by atoms with Crippen LogP contribution in [0.2, 0.25) is 0 Å². The third kappa shape index (κ3) is 5.82. The number of methoxy groups -OCH3 is 2. The van der Waals surface area contributed by atoms with Crippen molar-refractivity contribution in [3.8, 4) is 11.5 Å². The normalized spacial score (nSPS) is 10.5. The summed E-state index contributed by atoms with van der Waals surface area (Å²) >= 11 is 0. The standard InChI is InChI=1S/C19H25O2P.BrH/c1-15(2)13-14-22(18-9-5-16(20-3)6-10-18)19-11-7-17(21-4)8-12-19;/h5-12,15H,13-14H2,1-4H3;1H. The van der Waals surface area contributed by atoms with Crippen molar-refractivity contribution in [3.63, 3.8) is 0 Å². The van der Waals surface area contributed by atoms with E-state index in [9.17, 15) is 0 Å². The van der Waals surface area contributed by atoms with Gasteiger partial charge in [0.15, 0.2) is 0 Å². The van der Waals surface area contributed by atoms with Gasteiger partial charge in [0.25, 0.3) is 0 Å². The van der Waals surface area contributed by atoms with Gasteiger partial charge in [0.05, 0.1) is 14.2 Å². The Balaban J connectivity index is 0.00000264. The largest absolute Gasteiger partial charge is 0.497 e. The van der Waals surface area contributed by atoms with E-state index in [-0.39, 0.29) is 24.9 Å². The number of hydrogen-bond donors (Lipinski definition) is 0. The van der Waals surface area contributed by atoms with Gasteiger partial charge in [-0.3, -0.25) is 0 Å². The fourth-order valence-electron chi connectivity index (χ4n) is 2.32. The van der Waals surface area contributed by atoms with E-state index >= 15 is 0 Å². The molecule has 126 valence electrons. The molecule has 0 heterocycles. The van der Waals surface area contributed by atoms with Gasteiger partial charge >= 0.3 is 0 Å². The minimum atomic E-state index is -0.329. The quantitative estimate of drug-likeness (QED) is 0.628. The summed E-state index contributed by atoms with van der Waals surface area (Å²) in [5, 5.41) is 2.81. The second-order valence-electron chi connectivity index (χ2n) is 5.73. The minimum absolute atomic E-state index is 0. The zero-order valence-electron chi connectivity index (χ0n) is 14.3. The van der Waals surface area contributed by atoms with Gasteiger partial charge in [-0.15, -0.1) is 17.0 Å². The molecule has 0 bridgehead atoms. The van der Waals surface area contributed by atoms with Gasteiger partial charge in [0.1, 0.15) is 11.5 Å². The Morgan fingerprint density at radius 1 is 0.783 bits per heavy atom. The van der Waals surface area contributed by atoms with Crippen molar-refractivity contribution in [2.24, 2.45) is 5.92 Å². The summed E-state index contributed by atoms with van der Waals surface area (Å²) in [6.45, 7) is 4.57. The van der Waals surface area contributed by atoms with Crippen LogP contribution >= 0.6 is 24.9 Å². The molecule has 2 rings (SSSR count). The minimum Gasteiger partial charge on any atom is -0.497 e. The van der Waals surface area contributed by atoms with E-state index in [0.717, 1.165) is 17.4 Å². The topological polar surface area (TPSA) is 18.5 Å². The third-order valence-corrected chi connectivity index (χ3v) is 6.25. The number of hydrogen-bond acceptors (Lipinski definition) is 2. The van der Waals surface area contributed by atoms with E-state index in [2.05, 4.69) is 62.4 Å². The van der Waals surface area contributed by atoms with Crippen LogP contribution in [0.4, 0.5) is 0 Å². The molecule has 0 saturated heterocycles. The lowest BCUT2D eigenvalue weighted by Gasteiger charge is -2.20. The number of rotatable bonds is 7. The van der Waals surface area contributed by atoms with Gasteiger partial charge < -0.3 is 9.47 Å². The highest BCUT2D eigenvalue weighted by Crippen LogP contribution is 2.36. The van der Waals surface area contributed by atoms with Crippen molar-refractivity contribution in [2.75, 3.05) is 20.4 Å². The maximum absolute atomic E-state index is 5.27. The van der Waals surface area contributed by atoms with Gasteiger partial charge in [-0.1, -0.05) is 38.1 Å². The molecule has 0 aliphatic heterocycles. The molecule has 0 saturated carbocycles. The second kappa shape index (κ2) is 9.95. The molecule has 0 aliphatic rings. The van der Waals surface area contributed by atoms with E-state index < -0.39 is 0 Å². The van der Waals surface area contributed by atoms with Crippen molar-refractivity contribution >= 4 is 35.5 Å². The van der Waals surface area contributed by atoms with Crippen LogP contribution in [0.3, 0.4) is 0 Å². The smallest absolute Gasteiger partial charge is 0.118 e. The fourth-order valence-corrected chi connectivity index (χ4v) is 4.93. The van der Waals surface area contributed by atoms with Crippen molar-refractivity contribution in [1.29, 1.82) is 0 Å². The van der Waals surface area contributed by atoms with Crippen LogP contribution in [0.15, 0.2) is 48.5 Å². The lowest BCUT2D eigenvalue weighted by Crippen LogP contribution is -2.15. The molecule has 0 N–H and O–H groups in total. The van der Waals surface area contributed by atoms with E-state index in [1.165, 1.54) is 23.2 Å². The van der Waals surface area contributed by atoms with Crippen LogP contribution in [-0.4, -0.2) is 20.4 Å². The van der Waals surface area contributed by atoms with Crippen molar-refractivity contribution in [1.82, 2.24) is 0 Å². The van der Waals surface area contributed by atoms with E-state index in [0.29, 0.717) is 0 Å². The highest BCUT2D eigenvalue weighted by molar-refractivity contribution is 8.93. The van der Waals surface area contributed by atoms with Gasteiger partial charge in [0, 0.05) is 0 Å². The zero-order chi connectivity index (χ0) is 15.9. The first-order chi connectivity index (χ1) is 10.6. The molecule has 2 aromatic carbocycles. The number of ether oxygens (including phenoxy) is 2. The second-order valence-corrected chi connectivity index (χ2v) is 8.07. The van der Waals surface area contributed by atoms with Gasteiger partial charge in [-0.2, -0.15) is 0 Å². The first kappa shape index (κ1) is 20.0. The zero-order valence-corrected chi connectivity index (χ0v) is 16.9. The molecular weight excluding hydrogens is 371 g/mol. The molecule has 2 aromatic rings. The number of benzene rings is 2. The summed E-state index contributed by atoms with van der Waals surface area (Å²) in [7, 11) is 3.09. The first-order valence-electron chi connectivity index (χ1n) is 7.69. The molecule has 4 heteroatoms. The van der Waals surface area contributed by atoms with Gasteiger partial charge in [-0.05, 0) is 61.3 Å². The Labute approximate surface area is 151 Å². The van der Waals surface area contributed by atoms with Crippen molar-refractivity contribution < 1.29 is 9.47 Å². The molecule has 23 heavy (non-hydrogen) atoms. The van der Waals surface area contributed by atoms with Crippen LogP contribution in [0.1, 0.15) is 20.3 Å². The van der Waals surface area contributed by atoms with Crippen LogP contribution in [0.5, 0.6) is 11.5 Å².